The second kappa shape index (κ2) is 6.82. The predicted molar refractivity (Wildman–Crippen MR) is 83.5 cm³/mol. The highest BCUT2D eigenvalue weighted by Gasteiger charge is 2.18. The highest BCUT2D eigenvalue weighted by atomic mass is 32.1. The Morgan fingerprint density at radius 2 is 2.21 bits per heavy atom. The number of nitrogens with two attached hydrogens (primary N) is 1. The number of nitrogens with one attached hydrogen (secondary N) is 1. The van der Waals surface area contributed by atoms with Crippen LogP contribution >= 0.6 is 12.2 Å². The topological polar surface area (TPSA) is 54.2 Å². The number of anilines is 1. The van der Waals surface area contributed by atoms with Crippen LogP contribution in [0.3, 0.4) is 0 Å². The Bertz CT molecular complexity index is 412. The minimum Gasteiger partial charge on any atom is -0.388 e. The first-order valence-corrected chi connectivity index (χ1v) is 7.27. The molecule has 1 aliphatic rings. The lowest BCUT2D eigenvalue weighted by molar-refractivity contribution is 0.254. The molecule has 0 bridgehead atoms. The van der Waals surface area contributed by atoms with Crippen LogP contribution in [0.4, 0.5) is 5.69 Å². The van der Waals surface area contributed by atoms with Crippen molar-refractivity contribution in [2.45, 2.75) is 31.7 Å². The summed E-state index contributed by atoms with van der Waals surface area (Å²) in [6, 6.07) is 4.60. The molecule has 4 nitrogen and oxygen atoms in total. The number of thiocarbonyl (C=S) groups is 1. The van der Waals surface area contributed by atoms with Crippen molar-refractivity contribution in [2.24, 2.45) is 5.73 Å². The van der Waals surface area contributed by atoms with Gasteiger partial charge < -0.3 is 16.0 Å². The molecule has 1 aliphatic carbocycles. The van der Waals surface area contributed by atoms with Crippen LogP contribution in [0, 0.1) is 0 Å². The fourth-order valence-electron chi connectivity index (χ4n) is 2.55. The quantitative estimate of drug-likeness (QED) is 0.780. The van der Waals surface area contributed by atoms with E-state index in [9.17, 15) is 0 Å². The van der Waals surface area contributed by atoms with Gasteiger partial charge in [0.2, 0.25) is 0 Å². The molecule has 1 saturated carbocycles. The number of likely N-dealkylation sites (N-methyl/N-ethyl adjacent to an activating group) is 1. The standard InChI is InChI=1S/C14H22N4S/c1-18(12-4-2-3-5-12)9-8-16-11-6-7-13(14(15)19)17-10-11/h6-7,10,12,16H,2-5,8-9H2,1H3,(H2,15,19). The minimum absolute atomic E-state index is 0.340. The second-order valence-corrected chi connectivity index (χ2v) is 5.58. The van der Waals surface area contributed by atoms with Gasteiger partial charge in [0.15, 0.2) is 0 Å². The van der Waals surface area contributed by atoms with Crippen LogP contribution in [-0.2, 0) is 0 Å². The van der Waals surface area contributed by atoms with E-state index in [0.29, 0.717) is 10.7 Å². The zero-order valence-corrected chi connectivity index (χ0v) is 12.2. The molecule has 0 amide bonds. The fraction of sp³-hybridized carbons (Fsp3) is 0.571. The van der Waals surface area contributed by atoms with Crippen LogP contribution in [-0.4, -0.2) is 41.1 Å². The van der Waals surface area contributed by atoms with Crippen molar-refractivity contribution < 1.29 is 0 Å². The molecule has 0 atom stereocenters. The molecule has 0 saturated heterocycles. The van der Waals surface area contributed by atoms with Crippen molar-refractivity contribution in [1.82, 2.24) is 9.88 Å². The summed E-state index contributed by atoms with van der Waals surface area (Å²) in [4.78, 5) is 7.01. The van der Waals surface area contributed by atoms with Crippen LogP contribution in [0.15, 0.2) is 18.3 Å². The Kier molecular flexibility index (Phi) is 5.10. The van der Waals surface area contributed by atoms with Crippen molar-refractivity contribution in [3.8, 4) is 0 Å². The van der Waals surface area contributed by atoms with Gasteiger partial charge in [-0.2, -0.15) is 0 Å². The van der Waals surface area contributed by atoms with E-state index in [-0.39, 0.29) is 0 Å². The smallest absolute Gasteiger partial charge is 0.122 e. The summed E-state index contributed by atoms with van der Waals surface area (Å²) in [7, 11) is 2.21. The molecule has 1 aromatic heterocycles. The van der Waals surface area contributed by atoms with E-state index in [1.807, 2.05) is 12.1 Å². The highest BCUT2D eigenvalue weighted by Crippen LogP contribution is 2.21. The Morgan fingerprint density at radius 1 is 1.47 bits per heavy atom. The zero-order valence-electron chi connectivity index (χ0n) is 11.4. The average Bonchev–Trinajstić information content (AvgIpc) is 2.93. The molecule has 5 heteroatoms. The number of nitrogens with zero attached hydrogens (tertiary/aromatic N) is 2. The van der Waals surface area contributed by atoms with E-state index in [1.165, 1.54) is 25.7 Å². The molecular formula is C14H22N4S. The van der Waals surface area contributed by atoms with Crippen LogP contribution in [0.2, 0.25) is 0 Å². The van der Waals surface area contributed by atoms with Crippen molar-refractivity contribution in [1.29, 1.82) is 0 Å². The summed E-state index contributed by atoms with van der Waals surface area (Å²) < 4.78 is 0. The number of rotatable bonds is 6. The lowest BCUT2D eigenvalue weighted by Gasteiger charge is -2.24. The first-order valence-electron chi connectivity index (χ1n) is 6.87. The van der Waals surface area contributed by atoms with Gasteiger partial charge in [-0.15, -0.1) is 0 Å². The van der Waals surface area contributed by atoms with Crippen LogP contribution in [0.1, 0.15) is 31.4 Å². The van der Waals surface area contributed by atoms with Gasteiger partial charge in [0.25, 0.3) is 0 Å². The SMILES string of the molecule is CN(CCNc1ccc(C(N)=S)nc1)C1CCCC1. The Labute approximate surface area is 120 Å². The molecule has 0 aromatic carbocycles. The van der Waals surface area contributed by atoms with E-state index in [1.54, 1.807) is 6.20 Å². The van der Waals surface area contributed by atoms with Crippen molar-refractivity contribution in [3.05, 3.63) is 24.0 Å². The van der Waals surface area contributed by atoms with E-state index in [0.717, 1.165) is 24.8 Å². The van der Waals surface area contributed by atoms with Crippen molar-refractivity contribution >= 4 is 22.9 Å². The second-order valence-electron chi connectivity index (χ2n) is 5.14. The van der Waals surface area contributed by atoms with Gasteiger partial charge in [-0.05, 0) is 32.0 Å². The van der Waals surface area contributed by atoms with Gasteiger partial charge in [-0.3, -0.25) is 4.98 Å². The molecule has 0 radical (unpaired) electrons. The van der Waals surface area contributed by atoms with Gasteiger partial charge >= 0.3 is 0 Å². The molecule has 19 heavy (non-hydrogen) atoms. The van der Waals surface area contributed by atoms with Crippen molar-refractivity contribution in [2.75, 3.05) is 25.5 Å². The predicted octanol–water partition coefficient (Wildman–Crippen LogP) is 2.00. The summed E-state index contributed by atoms with van der Waals surface area (Å²) in [5, 5.41) is 3.38. The summed E-state index contributed by atoms with van der Waals surface area (Å²) >= 11 is 4.88. The van der Waals surface area contributed by atoms with Gasteiger partial charge in [-0.25, -0.2) is 0 Å². The maximum Gasteiger partial charge on any atom is 0.122 e. The molecule has 104 valence electrons. The third-order valence-corrected chi connectivity index (χ3v) is 3.97. The molecule has 2 rings (SSSR count). The zero-order chi connectivity index (χ0) is 13.7. The minimum atomic E-state index is 0.340. The van der Waals surface area contributed by atoms with E-state index >= 15 is 0 Å². The van der Waals surface area contributed by atoms with E-state index in [2.05, 4.69) is 22.2 Å². The van der Waals surface area contributed by atoms with Crippen LogP contribution in [0.25, 0.3) is 0 Å². The van der Waals surface area contributed by atoms with E-state index in [4.69, 9.17) is 18.0 Å². The Hall–Kier alpha value is -1.20. The lowest BCUT2D eigenvalue weighted by Crippen LogP contribution is -2.33. The Balaban J connectivity index is 1.74. The number of aromatic nitrogens is 1. The summed E-state index contributed by atoms with van der Waals surface area (Å²) in [6.07, 6.45) is 7.24. The Morgan fingerprint density at radius 3 is 2.79 bits per heavy atom. The largest absolute Gasteiger partial charge is 0.388 e. The molecule has 0 unspecified atom stereocenters. The van der Waals surface area contributed by atoms with Crippen molar-refractivity contribution in [3.63, 3.8) is 0 Å². The number of hydrogen-bond donors (Lipinski definition) is 2. The van der Waals surface area contributed by atoms with Gasteiger partial charge in [0, 0.05) is 19.1 Å². The number of hydrogen-bond acceptors (Lipinski definition) is 4. The van der Waals surface area contributed by atoms with Gasteiger partial charge in [0.05, 0.1) is 17.6 Å². The summed E-state index contributed by atoms with van der Waals surface area (Å²) in [5.74, 6) is 0. The molecule has 0 spiro atoms. The summed E-state index contributed by atoms with van der Waals surface area (Å²) in [5.41, 5.74) is 7.20. The third kappa shape index (κ3) is 4.14. The maximum absolute atomic E-state index is 5.52. The average molecular weight is 278 g/mol. The molecule has 1 aromatic rings. The molecule has 1 fully saturated rings. The molecule has 0 aliphatic heterocycles. The van der Waals surface area contributed by atoms with Crippen LogP contribution < -0.4 is 11.1 Å². The third-order valence-electron chi connectivity index (χ3n) is 3.76. The fourth-order valence-corrected chi connectivity index (χ4v) is 2.67. The lowest BCUT2D eigenvalue weighted by atomic mass is 10.2. The first kappa shape index (κ1) is 14.2. The molecule has 1 heterocycles. The monoisotopic (exact) mass is 278 g/mol. The molecule has 3 N–H and O–H groups in total. The maximum atomic E-state index is 5.52. The first-order chi connectivity index (χ1) is 9.16. The normalized spacial score (nSPS) is 15.9. The van der Waals surface area contributed by atoms with E-state index < -0.39 is 0 Å². The number of pyridine rings is 1. The van der Waals surface area contributed by atoms with Gasteiger partial charge in [0.1, 0.15) is 4.99 Å². The van der Waals surface area contributed by atoms with Gasteiger partial charge in [-0.1, -0.05) is 25.1 Å². The highest BCUT2D eigenvalue weighted by molar-refractivity contribution is 7.80. The molecular weight excluding hydrogens is 256 g/mol. The summed E-state index contributed by atoms with van der Waals surface area (Å²) in [6.45, 7) is 1.99. The van der Waals surface area contributed by atoms with Crippen LogP contribution in [0.5, 0.6) is 0 Å².